The van der Waals surface area contributed by atoms with Crippen LogP contribution in [0.5, 0.6) is 11.5 Å². The highest BCUT2D eigenvalue weighted by Gasteiger charge is 2.35. The monoisotopic (exact) mass is 372 g/mol. The lowest BCUT2D eigenvalue weighted by Crippen LogP contribution is -2.54. The van der Waals surface area contributed by atoms with Crippen LogP contribution in [0.4, 0.5) is 0 Å². The van der Waals surface area contributed by atoms with Gasteiger partial charge in [-0.15, -0.1) is 0 Å². The minimum atomic E-state index is -0.828. The molecular weight excluding hydrogens is 348 g/mol. The van der Waals surface area contributed by atoms with Gasteiger partial charge in [0.25, 0.3) is 5.91 Å². The first kappa shape index (κ1) is 18.9. The second-order valence-electron chi connectivity index (χ2n) is 6.70. The molecule has 0 bridgehead atoms. The van der Waals surface area contributed by atoms with Gasteiger partial charge in [0.05, 0.1) is 24.5 Å². The summed E-state index contributed by atoms with van der Waals surface area (Å²) in [6.07, 6.45) is 4.82. The fourth-order valence-electron chi connectivity index (χ4n) is 3.26. The van der Waals surface area contributed by atoms with Crippen LogP contribution in [0.25, 0.3) is 0 Å². The molecule has 0 aliphatic heterocycles. The maximum Gasteiger partial charge on any atom is 0.317 e. The Kier molecular flexibility index (Phi) is 5.75. The molecule has 2 aromatic rings. The molecule has 1 heterocycles. The third kappa shape index (κ3) is 4.65. The standard InChI is InChI=1S/C19H24N4O4/c1-3-23(12-18(24)25)14-8-13(9-14)21-19(26)16-6-4-5-7-17(16)27-15-10-20-22(2)11-15/h4-7,10-11,13-14H,3,8-9,12H2,1-2H3,(H,21,26)(H,24,25). The number of para-hydroxylation sites is 1. The Morgan fingerprint density at radius 1 is 1.37 bits per heavy atom. The molecule has 1 fully saturated rings. The second kappa shape index (κ2) is 8.22. The minimum absolute atomic E-state index is 0.0314. The van der Waals surface area contributed by atoms with Gasteiger partial charge in [0.15, 0.2) is 5.75 Å². The Morgan fingerprint density at radius 3 is 2.74 bits per heavy atom. The Hall–Kier alpha value is -2.87. The zero-order chi connectivity index (χ0) is 19.4. The largest absolute Gasteiger partial charge is 0.480 e. The number of aromatic nitrogens is 2. The van der Waals surface area contributed by atoms with E-state index in [2.05, 4.69) is 10.4 Å². The molecule has 1 aromatic heterocycles. The number of rotatable bonds is 8. The number of amides is 1. The molecular formula is C19H24N4O4. The average molecular weight is 372 g/mol. The van der Waals surface area contributed by atoms with E-state index in [0.29, 0.717) is 23.6 Å². The van der Waals surface area contributed by atoms with E-state index in [0.717, 1.165) is 12.8 Å². The highest BCUT2D eigenvalue weighted by atomic mass is 16.5. The lowest BCUT2D eigenvalue weighted by Gasteiger charge is -2.42. The average Bonchev–Trinajstić information content (AvgIpc) is 3.01. The zero-order valence-electron chi connectivity index (χ0n) is 15.5. The number of benzene rings is 1. The Morgan fingerprint density at radius 2 is 2.11 bits per heavy atom. The molecule has 8 nitrogen and oxygen atoms in total. The third-order valence-corrected chi connectivity index (χ3v) is 4.75. The first-order chi connectivity index (χ1) is 13.0. The number of carboxylic acids is 1. The van der Waals surface area contributed by atoms with Crippen LogP contribution in [-0.2, 0) is 11.8 Å². The molecule has 1 aliphatic carbocycles. The van der Waals surface area contributed by atoms with E-state index in [4.69, 9.17) is 9.84 Å². The molecule has 0 radical (unpaired) electrons. The van der Waals surface area contributed by atoms with E-state index in [1.165, 1.54) is 0 Å². The number of ether oxygens (including phenoxy) is 1. The van der Waals surface area contributed by atoms with Gasteiger partial charge >= 0.3 is 5.97 Å². The van der Waals surface area contributed by atoms with Crippen LogP contribution in [0.15, 0.2) is 36.7 Å². The van der Waals surface area contributed by atoms with Gasteiger partial charge in [0.2, 0.25) is 0 Å². The SMILES string of the molecule is CCN(CC(=O)O)C1CC(NC(=O)c2ccccc2Oc2cnn(C)c2)C1. The van der Waals surface area contributed by atoms with Gasteiger partial charge in [-0.1, -0.05) is 19.1 Å². The van der Waals surface area contributed by atoms with Crippen molar-refractivity contribution in [3.63, 3.8) is 0 Å². The van der Waals surface area contributed by atoms with Gasteiger partial charge in [0, 0.05) is 19.1 Å². The van der Waals surface area contributed by atoms with E-state index in [9.17, 15) is 9.59 Å². The van der Waals surface area contributed by atoms with Crippen LogP contribution >= 0.6 is 0 Å². The van der Waals surface area contributed by atoms with Gasteiger partial charge < -0.3 is 15.2 Å². The summed E-state index contributed by atoms with van der Waals surface area (Å²) in [4.78, 5) is 25.5. The number of aliphatic carboxylic acids is 1. The van der Waals surface area contributed by atoms with Gasteiger partial charge in [-0.05, 0) is 31.5 Å². The van der Waals surface area contributed by atoms with Crippen molar-refractivity contribution in [1.29, 1.82) is 0 Å². The molecule has 2 N–H and O–H groups in total. The van der Waals surface area contributed by atoms with Crippen molar-refractivity contribution in [2.75, 3.05) is 13.1 Å². The summed E-state index contributed by atoms with van der Waals surface area (Å²) >= 11 is 0. The maximum absolute atomic E-state index is 12.7. The summed E-state index contributed by atoms with van der Waals surface area (Å²) in [5, 5.41) is 16.0. The fourth-order valence-corrected chi connectivity index (χ4v) is 3.26. The Labute approximate surface area is 157 Å². The highest BCUT2D eigenvalue weighted by molar-refractivity contribution is 5.97. The quantitative estimate of drug-likeness (QED) is 0.734. The van der Waals surface area contributed by atoms with Crippen LogP contribution in [0, 0.1) is 0 Å². The molecule has 1 saturated carbocycles. The van der Waals surface area contributed by atoms with Gasteiger partial charge in [-0.3, -0.25) is 19.2 Å². The molecule has 1 aliphatic rings. The van der Waals surface area contributed by atoms with Crippen molar-refractivity contribution in [3.8, 4) is 11.5 Å². The van der Waals surface area contributed by atoms with Crippen molar-refractivity contribution in [3.05, 3.63) is 42.2 Å². The van der Waals surface area contributed by atoms with Crippen LogP contribution in [0.1, 0.15) is 30.1 Å². The number of hydrogen-bond acceptors (Lipinski definition) is 5. The summed E-state index contributed by atoms with van der Waals surface area (Å²) in [7, 11) is 1.79. The molecule has 8 heteroatoms. The summed E-state index contributed by atoms with van der Waals surface area (Å²) in [6.45, 7) is 2.66. The van der Waals surface area contributed by atoms with E-state index >= 15 is 0 Å². The number of aryl methyl sites for hydroxylation is 1. The fraction of sp³-hybridized carbons (Fsp3) is 0.421. The summed E-state index contributed by atoms with van der Waals surface area (Å²) in [5.41, 5.74) is 0.461. The number of likely N-dealkylation sites (N-methyl/N-ethyl adjacent to an activating group) is 1. The molecule has 0 spiro atoms. The van der Waals surface area contributed by atoms with Gasteiger partial charge in [-0.2, -0.15) is 5.10 Å². The number of nitrogens with one attached hydrogen (secondary N) is 1. The molecule has 27 heavy (non-hydrogen) atoms. The molecule has 3 rings (SSSR count). The lowest BCUT2D eigenvalue weighted by atomic mass is 9.85. The number of nitrogens with zero attached hydrogens (tertiary/aromatic N) is 3. The number of carboxylic acid groups (broad SMARTS) is 1. The van der Waals surface area contributed by atoms with Crippen LogP contribution in [-0.4, -0.2) is 56.8 Å². The van der Waals surface area contributed by atoms with Crippen molar-refractivity contribution in [1.82, 2.24) is 20.0 Å². The molecule has 0 atom stereocenters. The van der Waals surface area contributed by atoms with E-state index in [1.807, 2.05) is 17.9 Å². The van der Waals surface area contributed by atoms with Gasteiger partial charge in [0.1, 0.15) is 5.75 Å². The van der Waals surface area contributed by atoms with Crippen molar-refractivity contribution >= 4 is 11.9 Å². The molecule has 0 unspecified atom stereocenters. The van der Waals surface area contributed by atoms with Gasteiger partial charge in [-0.25, -0.2) is 0 Å². The maximum atomic E-state index is 12.7. The predicted octanol–water partition coefficient (Wildman–Crippen LogP) is 1.88. The van der Waals surface area contributed by atoms with Crippen molar-refractivity contribution < 1.29 is 19.4 Å². The minimum Gasteiger partial charge on any atom is -0.480 e. The Bertz CT molecular complexity index is 814. The van der Waals surface area contributed by atoms with Crippen LogP contribution in [0.3, 0.4) is 0 Å². The van der Waals surface area contributed by atoms with E-state index in [1.54, 1.807) is 42.3 Å². The topological polar surface area (TPSA) is 96.7 Å². The molecule has 1 aromatic carbocycles. The first-order valence-corrected chi connectivity index (χ1v) is 8.98. The summed E-state index contributed by atoms with van der Waals surface area (Å²) < 4.78 is 7.42. The summed E-state index contributed by atoms with van der Waals surface area (Å²) in [5.74, 6) is 0.0127. The lowest BCUT2D eigenvalue weighted by molar-refractivity contribution is -0.139. The number of hydrogen-bond donors (Lipinski definition) is 2. The smallest absolute Gasteiger partial charge is 0.317 e. The van der Waals surface area contributed by atoms with Crippen molar-refractivity contribution in [2.45, 2.75) is 31.8 Å². The van der Waals surface area contributed by atoms with E-state index < -0.39 is 5.97 Å². The van der Waals surface area contributed by atoms with E-state index in [-0.39, 0.29) is 24.5 Å². The molecule has 0 saturated heterocycles. The normalized spacial score (nSPS) is 18.8. The van der Waals surface area contributed by atoms with Crippen LogP contribution in [0.2, 0.25) is 0 Å². The van der Waals surface area contributed by atoms with Crippen LogP contribution < -0.4 is 10.1 Å². The summed E-state index contributed by atoms with van der Waals surface area (Å²) in [6, 6.07) is 7.31. The molecule has 144 valence electrons. The Balaban J connectivity index is 1.59. The predicted molar refractivity (Wildman–Crippen MR) is 98.9 cm³/mol. The highest BCUT2D eigenvalue weighted by Crippen LogP contribution is 2.28. The third-order valence-electron chi connectivity index (χ3n) is 4.75. The zero-order valence-corrected chi connectivity index (χ0v) is 15.5. The molecule has 1 amide bonds. The first-order valence-electron chi connectivity index (χ1n) is 8.98. The second-order valence-corrected chi connectivity index (χ2v) is 6.70. The number of carbonyl (C=O) groups is 2. The van der Waals surface area contributed by atoms with Crippen molar-refractivity contribution in [2.24, 2.45) is 7.05 Å². The number of carbonyl (C=O) groups excluding carboxylic acids is 1.